The molecule has 3 amide bonds. The van der Waals surface area contributed by atoms with E-state index in [2.05, 4.69) is 70.6 Å². The van der Waals surface area contributed by atoms with Gasteiger partial charge in [0.1, 0.15) is 0 Å². The van der Waals surface area contributed by atoms with E-state index in [-0.39, 0.29) is 31.6 Å². The number of carbonyl (C=O) groups excluding carboxylic acids is 3. The number of rotatable bonds is 25. The topological polar surface area (TPSA) is 312 Å². The molecule has 0 atom stereocenters. The van der Waals surface area contributed by atoms with Crippen molar-refractivity contribution >= 4 is 92.1 Å². The first kappa shape index (κ1) is 69.3. The van der Waals surface area contributed by atoms with Gasteiger partial charge in [0.2, 0.25) is 5.91 Å². The first-order valence-electron chi connectivity index (χ1n) is 32.2. The lowest BCUT2D eigenvalue weighted by atomic mass is 10.1. The largest absolute Gasteiger partial charge is 0.481 e. The second-order valence-corrected chi connectivity index (χ2v) is 23.0. The molecule has 6 heterocycles. The Morgan fingerprint density at radius 3 is 1.35 bits per heavy atom. The molecule has 2 fully saturated rings. The zero-order valence-corrected chi connectivity index (χ0v) is 53.2. The number of hydrogen-bond donors (Lipinski definition) is 9. The highest BCUT2D eigenvalue weighted by atomic mass is 16.5. The number of anilines is 10. The van der Waals surface area contributed by atoms with Crippen molar-refractivity contribution in [2.75, 3.05) is 109 Å². The second-order valence-electron chi connectivity index (χ2n) is 23.0. The normalized spacial score (nSPS) is 12.7. The average Bonchev–Trinajstić information content (AvgIpc) is 1.53. The summed E-state index contributed by atoms with van der Waals surface area (Å²) >= 11 is 0. The number of benzene rings is 6. The molecule has 12 rings (SSSR count). The Kier molecular flexibility index (Phi) is 25.5. The van der Waals surface area contributed by atoms with Gasteiger partial charge < -0.3 is 77.0 Å². The van der Waals surface area contributed by atoms with E-state index >= 15 is 0 Å². The Bertz CT molecular complexity index is 4130. The van der Waals surface area contributed by atoms with Crippen molar-refractivity contribution in [2.24, 2.45) is 0 Å². The van der Waals surface area contributed by atoms with E-state index in [0.29, 0.717) is 88.4 Å². The third kappa shape index (κ3) is 20.0. The number of hydrogen-bond acceptors (Lipinski definition) is 17. The molecule has 23 heteroatoms. The highest BCUT2D eigenvalue weighted by Crippen LogP contribution is 2.30. The summed E-state index contributed by atoms with van der Waals surface area (Å²) in [6, 6.07) is 46.0. The number of ether oxygens (including phenoxy) is 2. The van der Waals surface area contributed by atoms with Gasteiger partial charge >= 0.3 is 5.97 Å². The molecule has 0 aliphatic carbocycles. The molecule has 10 aromatic rings. The van der Waals surface area contributed by atoms with Crippen LogP contribution in [0.1, 0.15) is 92.4 Å². The van der Waals surface area contributed by atoms with E-state index in [0.717, 1.165) is 137 Å². The number of nitrogen functional groups attached to an aromatic ring is 3. The zero-order valence-electron chi connectivity index (χ0n) is 53.2. The number of fused-ring (bicyclic) bond motifs is 2. The predicted molar refractivity (Wildman–Crippen MR) is 382 cm³/mol. The summed E-state index contributed by atoms with van der Waals surface area (Å²) in [5.41, 5.74) is 28.9. The SMILES string of the molecule is C.Nc1ccccc1N.Nc1ccccc1NC(=O)CCCCCCNC(=O)c1cccc(-c2cn3ccnc3c(Nc3ccc(N4CCOCC4)cc3)n2)c1.O=C(O)CCCCCCNC(=O)c1cccc(-c2cn3ccnc3c(Nc3ccc(N4CCOCC4)cc3)n2)c1. The molecule has 0 bridgehead atoms. The maximum atomic E-state index is 13.0. The van der Waals surface area contributed by atoms with Gasteiger partial charge in [0, 0.05) is 134 Å². The van der Waals surface area contributed by atoms with Gasteiger partial charge in [0.05, 0.1) is 60.6 Å². The summed E-state index contributed by atoms with van der Waals surface area (Å²) in [5.74, 6) is 0.168. The molecule has 0 unspecified atom stereocenters. The minimum atomic E-state index is -0.768. The van der Waals surface area contributed by atoms with E-state index in [1.165, 1.54) is 0 Å². The number of amides is 3. The predicted octanol–water partition coefficient (Wildman–Crippen LogP) is 12.1. The highest BCUT2D eigenvalue weighted by molar-refractivity contribution is 5.96. The summed E-state index contributed by atoms with van der Waals surface area (Å²) in [4.78, 5) is 72.0. The van der Waals surface area contributed by atoms with Crippen LogP contribution in [0.4, 0.5) is 57.1 Å². The van der Waals surface area contributed by atoms with Gasteiger partial charge in [0.15, 0.2) is 22.9 Å². The Hall–Kier alpha value is -11.0. The van der Waals surface area contributed by atoms with Gasteiger partial charge in [-0.15, -0.1) is 0 Å². The fraction of sp³-hybridized carbons (Fsp3) is 0.288. The van der Waals surface area contributed by atoms with Gasteiger partial charge in [-0.25, -0.2) is 19.9 Å². The van der Waals surface area contributed by atoms with Crippen LogP contribution in [-0.2, 0) is 19.1 Å². The second kappa shape index (κ2) is 35.3. The molecule has 96 heavy (non-hydrogen) atoms. The maximum Gasteiger partial charge on any atom is 0.303 e. The van der Waals surface area contributed by atoms with Crippen LogP contribution in [0.25, 0.3) is 33.8 Å². The lowest BCUT2D eigenvalue weighted by Crippen LogP contribution is -2.36. The summed E-state index contributed by atoms with van der Waals surface area (Å²) in [6.45, 7) is 7.63. The number of unbranched alkanes of at least 4 members (excludes halogenated alkanes) is 6. The molecule has 12 N–H and O–H groups in total. The van der Waals surface area contributed by atoms with Crippen LogP contribution >= 0.6 is 0 Å². The van der Waals surface area contributed by atoms with Gasteiger partial charge in [-0.05, 0) is 123 Å². The number of aliphatic carboxylic acids is 1. The molecular formula is C73H86N16O7. The van der Waals surface area contributed by atoms with Crippen molar-refractivity contribution in [3.63, 3.8) is 0 Å². The molecule has 2 saturated heterocycles. The number of carbonyl (C=O) groups is 4. The summed E-state index contributed by atoms with van der Waals surface area (Å²) < 4.78 is 14.8. The molecule has 2 aliphatic heterocycles. The molecule has 0 saturated carbocycles. The Labute approximate surface area is 559 Å². The summed E-state index contributed by atoms with van der Waals surface area (Å²) in [5, 5.41) is 24.4. The molecule has 2 aliphatic rings. The lowest BCUT2D eigenvalue weighted by molar-refractivity contribution is -0.137. The van der Waals surface area contributed by atoms with E-state index in [9.17, 15) is 19.2 Å². The smallest absolute Gasteiger partial charge is 0.303 e. The fourth-order valence-electron chi connectivity index (χ4n) is 10.8. The third-order valence-corrected chi connectivity index (χ3v) is 16.1. The van der Waals surface area contributed by atoms with Gasteiger partial charge in [-0.1, -0.05) is 81.6 Å². The van der Waals surface area contributed by atoms with Gasteiger partial charge in [-0.2, -0.15) is 0 Å². The minimum absolute atomic E-state index is 0. The maximum absolute atomic E-state index is 13.0. The van der Waals surface area contributed by atoms with Crippen LogP contribution in [0.5, 0.6) is 0 Å². The lowest BCUT2D eigenvalue weighted by Gasteiger charge is -2.28. The monoisotopic (exact) mass is 1300 g/mol. The molecule has 4 aromatic heterocycles. The number of carboxylic acids is 1. The number of imidazole rings is 2. The number of nitrogens with zero attached hydrogens (tertiary/aromatic N) is 8. The summed E-state index contributed by atoms with van der Waals surface area (Å²) in [6.07, 6.45) is 18.3. The van der Waals surface area contributed by atoms with Gasteiger partial charge in [-0.3, -0.25) is 19.2 Å². The van der Waals surface area contributed by atoms with Crippen molar-refractivity contribution in [1.82, 2.24) is 39.4 Å². The van der Waals surface area contributed by atoms with Crippen molar-refractivity contribution in [3.8, 4) is 22.5 Å². The van der Waals surface area contributed by atoms with Crippen molar-refractivity contribution in [3.05, 3.63) is 194 Å². The minimum Gasteiger partial charge on any atom is -0.481 e. The van der Waals surface area contributed by atoms with Crippen LogP contribution in [0.2, 0.25) is 0 Å². The molecule has 500 valence electrons. The number of para-hydroxylation sites is 4. The van der Waals surface area contributed by atoms with Gasteiger partial charge in [0.25, 0.3) is 11.8 Å². The van der Waals surface area contributed by atoms with E-state index in [1.54, 1.807) is 42.7 Å². The molecule has 0 radical (unpaired) electrons. The van der Waals surface area contributed by atoms with E-state index < -0.39 is 5.97 Å². The number of aromatic nitrogens is 6. The Morgan fingerprint density at radius 1 is 0.490 bits per heavy atom. The number of morpholine rings is 2. The number of nitrogens with one attached hydrogen (secondary N) is 5. The average molecular weight is 1300 g/mol. The van der Waals surface area contributed by atoms with Crippen LogP contribution in [-0.4, -0.2) is 123 Å². The molecule has 23 nitrogen and oxygen atoms in total. The number of carboxylic acid groups (broad SMARTS) is 1. The molecular weight excluding hydrogens is 1210 g/mol. The van der Waals surface area contributed by atoms with Crippen molar-refractivity contribution in [1.29, 1.82) is 0 Å². The van der Waals surface area contributed by atoms with E-state index in [1.807, 2.05) is 125 Å². The van der Waals surface area contributed by atoms with E-state index in [4.69, 9.17) is 41.7 Å². The first-order valence-corrected chi connectivity index (χ1v) is 32.2. The Morgan fingerprint density at radius 2 is 0.917 bits per heavy atom. The van der Waals surface area contributed by atoms with Crippen LogP contribution in [0, 0.1) is 0 Å². The zero-order chi connectivity index (χ0) is 66.1. The molecule has 6 aromatic carbocycles. The summed E-state index contributed by atoms with van der Waals surface area (Å²) in [7, 11) is 0. The van der Waals surface area contributed by atoms with Crippen LogP contribution in [0.3, 0.4) is 0 Å². The van der Waals surface area contributed by atoms with Crippen LogP contribution < -0.4 is 53.6 Å². The number of nitrogens with two attached hydrogens (primary N) is 3. The highest BCUT2D eigenvalue weighted by Gasteiger charge is 2.18. The van der Waals surface area contributed by atoms with Crippen molar-refractivity contribution < 1.29 is 33.8 Å². The first-order chi connectivity index (χ1) is 46.4. The quantitative estimate of drug-likeness (QED) is 0.0190. The van der Waals surface area contributed by atoms with Crippen molar-refractivity contribution in [2.45, 2.75) is 71.6 Å². The fourth-order valence-corrected chi connectivity index (χ4v) is 10.8. The standard InChI is InChI=1S/C36H40N8O3.C30H34N6O4.C6H8N2.CH4/c37-30-10-4-5-11-31(30)41-33(45)12-3-1-2-6-17-39-36(46)27-9-7-8-26(24-27)32-25-44-19-18-38-35(44)34(42-32)40-28-13-15-29(16-14-28)43-20-22-47-23-21-43;37-27(38)8-3-1-2-4-13-32-30(39)23-7-5-6-22(20-23)26-21-36-15-14-31-29(36)28(34-26)33-24-9-11-25(12-10-24)35-16-18-40-19-17-35;7-5-3-1-2-4-6(5)8;/h4-5,7-11,13-16,18-19,24-25H,1-3,6,12,17,20-23,37H2,(H,39,46)(H,40,42)(H,41,45);5-7,9-12,14-15,20-21H,1-4,8,13,16-19H2,(H,32,39)(H,33,34)(H,37,38);1-4H,7-8H2;1H4. The molecule has 0 spiro atoms. The Balaban J connectivity index is 0.000000202. The van der Waals surface area contributed by atoms with Crippen LogP contribution in [0.15, 0.2) is 183 Å². The third-order valence-electron chi connectivity index (χ3n) is 16.1.